The molecule has 2 aromatic rings. The van der Waals surface area contributed by atoms with Gasteiger partial charge in [-0.25, -0.2) is 19.2 Å². The van der Waals surface area contributed by atoms with Crippen molar-refractivity contribution >= 4 is 23.5 Å². The van der Waals surface area contributed by atoms with Crippen molar-refractivity contribution in [3.05, 3.63) is 47.2 Å². The maximum absolute atomic E-state index is 13.5. The molecule has 0 spiro atoms. The minimum atomic E-state index is -0.571. The first-order chi connectivity index (χ1) is 10.0. The molecule has 2 N–H and O–H groups in total. The van der Waals surface area contributed by atoms with Crippen LogP contribution in [-0.4, -0.2) is 23.0 Å². The lowest BCUT2D eigenvalue weighted by molar-refractivity contribution is 0.0600. The molecule has 1 aromatic heterocycles. The molecule has 0 atom stereocenters. The highest BCUT2D eigenvalue weighted by atomic mass is 32.2. The van der Waals surface area contributed by atoms with Crippen LogP contribution in [0, 0.1) is 12.7 Å². The molecule has 21 heavy (non-hydrogen) atoms. The van der Waals surface area contributed by atoms with Crippen LogP contribution < -0.4 is 5.73 Å². The molecule has 0 aliphatic carbocycles. The summed E-state index contributed by atoms with van der Waals surface area (Å²) >= 11 is 1.27. The Balaban J connectivity index is 2.19. The van der Waals surface area contributed by atoms with Crippen molar-refractivity contribution in [1.29, 1.82) is 0 Å². The molecule has 0 saturated heterocycles. The van der Waals surface area contributed by atoms with Gasteiger partial charge in [-0.15, -0.1) is 11.8 Å². The van der Waals surface area contributed by atoms with Crippen LogP contribution in [0.2, 0.25) is 0 Å². The lowest BCUT2D eigenvalue weighted by Gasteiger charge is -2.08. The molecule has 0 unspecified atom stereocenters. The Hall–Kier alpha value is -2.15. The van der Waals surface area contributed by atoms with E-state index in [1.165, 1.54) is 24.9 Å². The second-order valence-corrected chi connectivity index (χ2v) is 5.21. The van der Waals surface area contributed by atoms with Gasteiger partial charge in [-0.2, -0.15) is 0 Å². The molecule has 0 saturated carbocycles. The normalized spacial score (nSPS) is 10.4. The van der Waals surface area contributed by atoms with Gasteiger partial charge in [0.15, 0.2) is 0 Å². The fourth-order valence-corrected chi connectivity index (χ4v) is 2.57. The Morgan fingerprint density at radius 3 is 2.71 bits per heavy atom. The molecular weight excluding hydrogens is 293 g/mol. The first-order valence-electron chi connectivity index (χ1n) is 6.11. The van der Waals surface area contributed by atoms with Crippen molar-refractivity contribution in [2.24, 2.45) is 0 Å². The molecule has 0 aliphatic rings. The van der Waals surface area contributed by atoms with Gasteiger partial charge in [0.2, 0.25) is 0 Å². The number of halogens is 1. The zero-order chi connectivity index (χ0) is 15.4. The van der Waals surface area contributed by atoms with Gasteiger partial charge in [0.1, 0.15) is 23.0 Å². The number of aryl methyl sites for hydroxylation is 1. The summed E-state index contributed by atoms with van der Waals surface area (Å²) in [6.07, 6.45) is 0. The number of thioether (sulfide) groups is 1. The van der Waals surface area contributed by atoms with Gasteiger partial charge >= 0.3 is 5.97 Å². The Kier molecular flexibility index (Phi) is 4.74. The predicted molar refractivity (Wildman–Crippen MR) is 78.5 cm³/mol. The van der Waals surface area contributed by atoms with E-state index in [1.807, 2.05) is 0 Å². The van der Waals surface area contributed by atoms with Crippen molar-refractivity contribution in [2.75, 3.05) is 12.8 Å². The van der Waals surface area contributed by atoms with Crippen LogP contribution in [0.4, 0.5) is 10.2 Å². The molecule has 1 aromatic carbocycles. The van der Waals surface area contributed by atoms with E-state index in [-0.39, 0.29) is 17.2 Å². The van der Waals surface area contributed by atoms with Crippen LogP contribution in [0.1, 0.15) is 21.9 Å². The average Bonchev–Trinajstić information content (AvgIpc) is 2.45. The minimum Gasteiger partial charge on any atom is -0.465 e. The number of nitrogens with zero attached hydrogens (tertiary/aromatic N) is 2. The molecule has 0 aliphatic heterocycles. The number of esters is 1. The fourth-order valence-electron chi connectivity index (χ4n) is 1.78. The summed E-state index contributed by atoms with van der Waals surface area (Å²) in [5.41, 5.74) is 6.37. The number of aromatic nitrogens is 2. The lowest BCUT2D eigenvalue weighted by atomic mass is 10.2. The van der Waals surface area contributed by atoms with Gasteiger partial charge in [-0.3, -0.25) is 0 Å². The maximum Gasteiger partial charge on any atom is 0.343 e. The second kappa shape index (κ2) is 6.53. The number of carbonyl (C=O) groups is 1. The van der Waals surface area contributed by atoms with Crippen molar-refractivity contribution in [1.82, 2.24) is 9.97 Å². The highest BCUT2D eigenvalue weighted by Gasteiger charge is 2.17. The van der Waals surface area contributed by atoms with E-state index in [2.05, 4.69) is 14.7 Å². The molecule has 0 radical (unpaired) electrons. The standard InChI is InChI=1S/C14H14FN3O2S/c1-8-12(14(19)20-2)13(16)18-11(17-8)7-21-10-6-4-3-5-9(10)15/h3-6H,7H2,1-2H3,(H2,16,17,18). The van der Waals surface area contributed by atoms with Crippen molar-refractivity contribution in [3.8, 4) is 0 Å². The van der Waals surface area contributed by atoms with Crippen LogP contribution in [-0.2, 0) is 10.5 Å². The van der Waals surface area contributed by atoms with E-state index < -0.39 is 5.97 Å². The van der Waals surface area contributed by atoms with Gasteiger partial charge in [-0.05, 0) is 19.1 Å². The molecule has 7 heteroatoms. The Morgan fingerprint density at radius 2 is 2.10 bits per heavy atom. The van der Waals surface area contributed by atoms with E-state index in [1.54, 1.807) is 25.1 Å². The van der Waals surface area contributed by atoms with Gasteiger partial charge in [-0.1, -0.05) is 12.1 Å². The smallest absolute Gasteiger partial charge is 0.343 e. The van der Waals surface area contributed by atoms with Gasteiger partial charge in [0, 0.05) is 4.90 Å². The summed E-state index contributed by atoms with van der Waals surface area (Å²) in [7, 11) is 1.27. The van der Waals surface area contributed by atoms with Gasteiger partial charge in [0.05, 0.1) is 18.6 Å². The largest absolute Gasteiger partial charge is 0.465 e. The monoisotopic (exact) mass is 307 g/mol. The molecule has 0 amide bonds. The van der Waals surface area contributed by atoms with Crippen molar-refractivity contribution < 1.29 is 13.9 Å². The van der Waals surface area contributed by atoms with Gasteiger partial charge < -0.3 is 10.5 Å². The number of hydrogen-bond acceptors (Lipinski definition) is 6. The van der Waals surface area contributed by atoms with E-state index in [4.69, 9.17) is 5.73 Å². The highest BCUT2D eigenvalue weighted by Crippen LogP contribution is 2.25. The van der Waals surface area contributed by atoms with E-state index >= 15 is 0 Å². The summed E-state index contributed by atoms with van der Waals surface area (Å²) < 4.78 is 18.1. The number of benzene rings is 1. The third-order valence-electron chi connectivity index (χ3n) is 2.75. The SMILES string of the molecule is COC(=O)c1c(C)nc(CSc2ccccc2F)nc1N. The highest BCUT2D eigenvalue weighted by molar-refractivity contribution is 7.98. The lowest BCUT2D eigenvalue weighted by Crippen LogP contribution is -2.13. The summed E-state index contributed by atoms with van der Waals surface area (Å²) in [4.78, 5) is 20.3. The van der Waals surface area contributed by atoms with Crippen LogP contribution in [0.3, 0.4) is 0 Å². The third-order valence-corrected chi connectivity index (χ3v) is 3.79. The number of carbonyl (C=O) groups excluding carboxylic acids is 1. The van der Waals surface area contributed by atoms with Crippen molar-refractivity contribution in [2.45, 2.75) is 17.6 Å². The average molecular weight is 307 g/mol. The first kappa shape index (κ1) is 15.2. The quantitative estimate of drug-likeness (QED) is 0.691. The molecule has 1 heterocycles. The number of hydrogen-bond donors (Lipinski definition) is 1. The van der Waals surface area contributed by atoms with Crippen molar-refractivity contribution in [3.63, 3.8) is 0 Å². The van der Waals surface area contributed by atoms with Crippen LogP contribution in [0.15, 0.2) is 29.2 Å². The molecule has 110 valence electrons. The maximum atomic E-state index is 13.5. The Morgan fingerprint density at radius 1 is 1.38 bits per heavy atom. The number of nitrogens with two attached hydrogens (primary N) is 1. The fraction of sp³-hybridized carbons (Fsp3) is 0.214. The molecule has 0 fully saturated rings. The third kappa shape index (κ3) is 3.49. The summed E-state index contributed by atoms with van der Waals surface area (Å²) in [5.74, 6) is -0.00553. The molecular formula is C14H14FN3O2S. The number of anilines is 1. The van der Waals surface area contributed by atoms with Gasteiger partial charge in [0.25, 0.3) is 0 Å². The Labute approximate surface area is 125 Å². The van der Waals surface area contributed by atoms with E-state index in [0.717, 1.165) is 0 Å². The predicted octanol–water partition coefficient (Wildman–Crippen LogP) is 2.59. The number of methoxy groups -OCH3 is 1. The zero-order valence-electron chi connectivity index (χ0n) is 11.6. The zero-order valence-corrected chi connectivity index (χ0v) is 12.4. The summed E-state index contributed by atoms with van der Waals surface area (Å²) in [6, 6.07) is 6.46. The number of ether oxygens (including phenoxy) is 1. The number of nitrogen functional groups attached to an aromatic ring is 1. The molecule has 2 rings (SSSR count). The van der Waals surface area contributed by atoms with E-state index in [9.17, 15) is 9.18 Å². The molecule has 5 nitrogen and oxygen atoms in total. The van der Waals surface area contributed by atoms with E-state index in [0.29, 0.717) is 22.2 Å². The summed E-state index contributed by atoms with van der Waals surface area (Å²) in [6.45, 7) is 1.65. The molecule has 0 bridgehead atoms. The Bertz CT molecular complexity index is 656. The minimum absolute atomic E-state index is 0.0680. The van der Waals surface area contributed by atoms with Crippen LogP contribution in [0.25, 0.3) is 0 Å². The topological polar surface area (TPSA) is 78.1 Å². The van der Waals surface area contributed by atoms with Crippen LogP contribution >= 0.6 is 11.8 Å². The summed E-state index contributed by atoms with van der Waals surface area (Å²) in [5, 5.41) is 0. The first-order valence-corrected chi connectivity index (χ1v) is 7.10. The number of rotatable bonds is 4. The van der Waals surface area contributed by atoms with Crippen LogP contribution in [0.5, 0.6) is 0 Å². The second-order valence-electron chi connectivity index (χ2n) is 4.20.